The summed E-state index contributed by atoms with van der Waals surface area (Å²) in [6, 6.07) is -0.224. The number of carboxylic acid groups (broad SMARTS) is 1. The summed E-state index contributed by atoms with van der Waals surface area (Å²) in [6.45, 7) is 3.00. The van der Waals surface area contributed by atoms with E-state index in [9.17, 15) is 14.7 Å². The molecule has 1 aliphatic heterocycles. The molecule has 2 rings (SSSR count). The molecule has 0 atom stereocenters. The number of amides is 2. The highest BCUT2D eigenvalue weighted by Crippen LogP contribution is 2.45. The zero-order valence-corrected chi connectivity index (χ0v) is 10.6. The first-order valence-corrected chi connectivity index (χ1v) is 6.33. The van der Waals surface area contributed by atoms with Crippen molar-refractivity contribution in [1.82, 2.24) is 10.2 Å². The molecule has 0 bridgehead atoms. The second kappa shape index (κ2) is 4.42. The average molecular weight is 256 g/mol. The first-order chi connectivity index (χ1) is 8.35. The van der Waals surface area contributed by atoms with Gasteiger partial charge in [-0.3, -0.25) is 4.79 Å². The van der Waals surface area contributed by atoms with Gasteiger partial charge in [-0.15, -0.1) is 0 Å². The van der Waals surface area contributed by atoms with Gasteiger partial charge in [0.15, 0.2) is 0 Å². The minimum atomic E-state index is -0.829. The van der Waals surface area contributed by atoms with E-state index in [1.54, 1.807) is 11.8 Å². The molecule has 102 valence electrons. The molecule has 0 unspecified atom stereocenters. The fraction of sp³-hybridized carbons (Fsp3) is 0.833. The Morgan fingerprint density at radius 1 is 1.22 bits per heavy atom. The van der Waals surface area contributed by atoms with Crippen molar-refractivity contribution in [3.63, 3.8) is 0 Å². The number of hydrogen-bond donors (Lipinski definition) is 3. The van der Waals surface area contributed by atoms with Crippen LogP contribution in [0, 0.1) is 5.41 Å². The van der Waals surface area contributed by atoms with Gasteiger partial charge in [-0.25, -0.2) is 4.79 Å². The predicted octanol–water partition coefficient (Wildman–Crippen LogP) is 0.408. The number of urea groups is 1. The molecule has 2 aliphatic rings. The number of aliphatic carboxylic acids is 1. The molecular weight excluding hydrogens is 236 g/mol. The second-order valence-electron chi connectivity index (χ2n) is 5.73. The summed E-state index contributed by atoms with van der Waals surface area (Å²) in [5.74, 6) is -0.829. The van der Waals surface area contributed by atoms with Gasteiger partial charge in [-0.2, -0.15) is 0 Å². The van der Waals surface area contributed by atoms with E-state index in [4.69, 9.17) is 5.11 Å². The standard InChI is InChI=1S/C12H20N2O4/c1-11(18)4-6-14(7-5-11)10(17)13-8-12(2-3-12)9(15)16/h18H,2-8H2,1H3,(H,13,17)(H,15,16). The van der Waals surface area contributed by atoms with Crippen LogP contribution in [0.5, 0.6) is 0 Å². The summed E-state index contributed by atoms with van der Waals surface area (Å²) in [6.07, 6.45) is 2.39. The van der Waals surface area contributed by atoms with E-state index in [0.29, 0.717) is 38.8 Å². The largest absolute Gasteiger partial charge is 0.481 e. The van der Waals surface area contributed by atoms with Crippen LogP contribution < -0.4 is 5.32 Å². The van der Waals surface area contributed by atoms with Crippen molar-refractivity contribution in [1.29, 1.82) is 0 Å². The second-order valence-corrected chi connectivity index (χ2v) is 5.73. The van der Waals surface area contributed by atoms with Crippen molar-refractivity contribution in [2.24, 2.45) is 5.41 Å². The number of nitrogens with zero attached hydrogens (tertiary/aromatic N) is 1. The maximum Gasteiger partial charge on any atom is 0.317 e. The molecule has 6 nitrogen and oxygen atoms in total. The van der Waals surface area contributed by atoms with E-state index in [2.05, 4.69) is 5.32 Å². The van der Waals surface area contributed by atoms with Gasteiger partial charge < -0.3 is 20.4 Å². The van der Waals surface area contributed by atoms with Gasteiger partial charge in [-0.05, 0) is 32.6 Å². The molecule has 0 aromatic heterocycles. The first-order valence-electron chi connectivity index (χ1n) is 6.33. The Balaban J connectivity index is 1.78. The SMILES string of the molecule is CC1(O)CCN(C(=O)NCC2(C(=O)O)CC2)CC1. The third-order valence-corrected chi connectivity index (χ3v) is 4.01. The van der Waals surface area contributed by atoms with Gasteiger partial charge in [0, 0.05) is 19.6 Å². The number of piperidine rings is 1. The van der Waals surface area contributed by atoms with Gasteiger partial charge in [0.25, 0.3) is 0 Å². The van der Waals surface area contributed by atoms with Gasteiger partial charge in [0.1, 0.15) is 0 Å². The maximum absolute atomic E-state index is 11.8. The van der Waals surface area contributed by atoms with E-state index >= 15 is 0 Å². The number of carboxylic acids is 1. The molecule has 0 radical (unpaired) electrons. The molecule has 0 aromatic carbocycles. The van der Waals surface area contributed by atoms with Crippen LogP contribution in [0.25, 0.3) is 0 Å². The fourth-order valence-corrected chi connectivity index (χ4v) is 2.17. The lowest BCUT2D eigenvalue weighted by molar-refractivity contribution is -0.143. The molecule has 0 spiro atoms. The highest BCUT2D eigenvalue weighted by atomic mass is 16.4. The van der Waals surface area contributed by atoms with E-state index in [-0.39, 0.29) is 12.6 Å². The lowest BCUT2D eigenvalue weighted by Crippen LogP contribution is -2.50. The van der Waals surface area contributed by atoms with Crippen LogP contribution in [0.4, 0.5) is 4.79 Å². The van der Waals surface area contributed by atoms with Crippen molar-refractivity contribution in [3.05, 3.63) is 0 Å². The van der Waals surface area contributed by atoms with Crippen LogP contribution in [-0.2, 0) is 4.79 Å². The van der Waals surface area contributed by atoms with E-state index < -0.39 is 17.0 Å². The Morgan fingerprint density at radius 2 is 1.78 bits per heavy atom. The lowest BCUT2D eigenvalue weighted by atomic mass is 9.94. The molecule has 1 saturated carbocycles. The summed E-state index contributed by atoms with van der Waals surface area (Å²) in [4.78, 5) is 24.4. The quantitative estimate of drug-likeness (QED) is 0.682. The summed E-state index contributed by atoms with van der Waals surface area (Å²) < 4.78 is 0. The molecule has 0 aromatic rings. The summed E-state index contributed by atoms with van der Waals surface area (Å²) >= 11 is 0. The number of carbonyl (C=O) groups excluding carboxylic acids is 1. The molecule has 2 fully saturated rings. The smallest absolute Gasteiger partial charge is 0.317 e. The third-order valence-electron chi connectivity index (χ3n) is 4.01. The Kier molecular flexibility index (Phi) is 3.23. The van der Waals surface area contributed by atoms with Crippen molar-refractivity contribution >= 4 is 12.0 Å². The lowest BCUT2D eigenvalue weighted by Gasteiger charge is -2.35. The predicted molar refractivity (Wildman–Crippen MR) is 64.1 cm³/mol. The first kappa shape index (κ1) is 13.1. The van der Waals surface area contributed by atoms with Gasteiger partial charge >= 0.3 is 12.0 Å². The molecule has 6 heteroatoms. The summed E-state index contributed by atoms with van der Waals surface area (Å²) in [5, 5.41) is 21.5. The van der Waals surface area contributed by atoms with E-state index in [1.807, 2.05) is 0 Å². The monoisotopic (exact) mass is 256 g/mol. The minimum absolute atomic E-state index is 0.202. The normalized spacial score (nSPS) is 24.4. The summed E-state index contributed by atoms with van der Waals surface area (Å²) in [7, 11) is 0. The average Bonchev–Trinajstić information content (AvgIpc) is 3.07. The Hall–Kier alpha value is -1.30. The van der Waals surface area contributed by atoms with Gasteiger partial charge in [0.2, 0.25) is 0 Å². The molecule has 1 saturated heterocycles. The fourth-order valence-electron chi connectivity index (χ4n) is 2.17. The van der Waals surface area contributed by atoms with Crippen LogP contribution in [0.2, 0.25) is 0 Å². The van der Waals surface area contributed by atoms with Crippen LogP contribution in [0.3, 0.4) is 0 Å². The molecular formula is C12H20N2O4. The van der Waals surface area contributed by atoms with E-state index in [1.165, 1.54) is 0 Å². The van der Waals surface area contributed by atoms with Crippen molar-refractivity contribution in [2.75, 3.05) is 19.6 Å². The van der Waals surface area contributed by atoms with Crippen LogP contribution in [0.15, 0.2) is 0 Å². The van der Waals surface area contributed by atoms with Gasteiger partial charge in [0.05, 0.1) is 11.0 Å². The summed E-state index contributed by atoms with van der Waals surface area (Å²) in [5.41, 5.74) is -1.41. The zero-order chi connectivity index (χ0) is 13.4. The van der Waals surface area contributed by atoms with Crippen molar-refractivity contribution < 1.29 is 19.8 Å². The third kappa shape index (κ3) is 2.75. The van der Waals surface area contributed by atoms with Crippen LogP contribution in [0.1, 0.15) is 32.6 Å². The minimum Gasteiger partial charge on any atom is -0.481 e. The highest BCUT2D eigenvalue weighted by Gasteiger charge is 2.50. The Labute approximate surface area is 106 Å². The highest BCUT2D eigenvalue weighted by molar-refractivity contribution is 5.80. The van der Waals surface area contributed by atoms with E-state index in [0.717, 1.165) is 0 Å². The molecule has 1 heterocycles. The molecule has 1 aliphatic carbocycles. The number of aliphatic hydroxyl groups is 1. The number of carbonyl (C=O) groups is 2. The van der Waals surface area contributed by atoms with Crippen molar-refractivity contribution in [3.8, 4) is 0 Å². The number of likely N-dealkylation sites (tertiary alicyclic amines) is 1. The Morgan fingerprint density at radius 3 is 2.22 bits per heavy atom. The molecule has 2 amide bonds. The van der Waals surface area contributed by atoms with Crippen LogP contribution in [-0.4, -0.2) is 52.3 Å². The molecule has 3 N–H and O–H groups in total. The topological polar surface area (TPSA) is 89.9 Å². The number of nitrogens with one attached hydrogen (secondary N) is 1. The zero-order valence-electron chi connectivity index (χ0n) is 10.6. The Bertz CT molecular complexity index is 353. The number of hydrogen-bond acceptors (Lipinski definition) is 3. The van der Waals surface area contributed by atoms with Gasteiger partial charge in [-0.1, -0.05) is 0 Å². The number of rotatable bonds is 3. The van der Waals surface area contributed by atoms with Crippen LogP contribution >= 0.6 is 0 Å². The maximum atomic E-state index is 11.8. The van der Waals surface area contributed by atoms with Crippen molar-refractivity contribution in [2.45, 2.75) is 38.2 Å². The molecule has 18 heavy (non-hydrogen) atoms.